The van der Waals surface area contributed by atoms with Gasteiger partial charge < -0.3 is 13.9 Å². The number of ether oxygens (including phenoxy) is 2. The number of hydrogen-bond acceptors (Lipinski definition) is 7. The van der Waals surface area contributed by atoms with Gasteiger partial charge in [0.15, 0.2) is 16.7 Å². The van der Waals surface area contributed by atoms with Gasteiger partial charge in [0.25, 0.3) is 5.91 Å². The van der Waals surface area contributed by atoms with Gasteiger partial charge in [-0.25, -0.2) is 0 Å². The lowest BCUT2D eigenvalue weighted by molar-refractivity contribution is -0.122. The fraction of sp³-hybridized carbons (Fsp3) is 0.222. The molecule has 1 aromatic heterocycles. The molecule has 0 atom stereocenters. The molecule has 36 heavy (non-hydrogen) atoms. The number of furan rings is 1. The molecule has 1 aliphatic rings. The Morgan fingerprint density at radius 3 is 2.58 bits per heavy atom. The second-order valence-electron chi connectivity index (χ2n) is 8.38. The van der Waals surface area contributed by atoms with Crippen molar-refractivity contribution in [3.63, 3.8) is 0 Å². The fourth-order valence-corrected chi connectivity index (χ4v) is 4.34. The number of halogens is 1. The Bertz CT molecular complexity index is 1280. The van der Waals surface area contributed by atoms with E-state index in [9.17, 15) is 4.79 Å². The van der Waals surface area contributed by atoms with Crippen molar-refractivity contribution < 1.29 is 18.7 Å². The third-order valence-electron chi connectivity index (χ3n) is 5.06. The molecule has 1 fully saturated rings. The third-order valence-corrected chi connectivity index (χ3v) is 6.31. The summed E-state index contributed by atoms with van der Waals surface area (Å²) in [5.41, 5.74) is 1.65. The second-order valence-corrected chi connectivity index (χ2v) is 9.82. The molecular formula is C27H26ClN3O4S. The van der Waals surface area contributed by atoms with E-state index in [1.165, 1.54) is 11.8 Å². The summed E-state index contributed by atoms with van der Waals surface area (Å²) in [4.78, 5) is 15.3. The van der Waals surface area contributed by atoms with Gasteiger partial charge >= 0.3 is 0 Å². The Kier molecular flexibility index (Phi) is 8.51. The summed E-state index contributed by atoms with van der Waals surface area (Å²) in [7, 11) is 1.60. The molecule has 2 heterocycles. The van der Waals surface area contributed by atoms with Gasteiger partial charge in [0, 0.05) is 5.02 Å². The lowest BCUT2D eigenvalue weighted by Gasteiger charge is -2.13. The molecule has 186 valence electrons. The monoisotopic (exact) mass is 523 g/mol. The average Bonchev–Trinajstić information content (AvgIpc) is 3.48. The van der Waals surface area contributed by atoms with Crippen molar-refractivity contribution in [2.45, 2.75) is 20.4 Å². The number of nitrogens with zero attached hydrogens (tertiary/aromatic N) is 3. The molecule has 0 radical (unpaired) electrons. The highest BCUT2D eigenvalue weighted by Gasteiger charge is 2.34. The minimum atomic E-state index is -0.173. The number of thioether (sulfide) groups is 1. The lowest BCUT2D eigenvalue weighted by atomic mass is 10.2. The summed E-state index contributed by atoms with van der Waals surface area (Å²) >= 11 is 7.24. The largest absolute Gasteiger partial charge is 0.493 e. The molecule has 0 N–H and O–H groups in total. The Morgan fingerprint density at radius 2 is 1.89 bits per heavy atom. The van der Waals surface area contributed by atoms with Gasteiger partial charge in [-0.05, 0) is 77.3 Å². The lowest BCUT2D eigenvalue weighted by Crippen LogP contribution is -2.28. The number of amides is 1. The maximum absolute atomic E-state index is 13.2. The first-order chi connectivity index (χ1) is 17.4. The zero-order chi connectivity index (χ0) is 25.5. The van der Waals surface area contributed by atoms with Crippen LogP contribution in [0.1, 0.15) is 30.7 Å². The van der Waals surface area contributed by atoms with Crippen LogP contribution in [0.4, 0.5) is 0 Å². The van der Waals surface area contributed by atoms with Crippen molar-refractivity contribution in [3.8, 4) is 11.5 Å². The molecule has 1 aliphatic heterocycles. The van der Waals surface area contributed by atoms with Crippen LogP contribution < -0.4 is 9.47 Å². The Hall–Kier alpha value is -3.49. The van der Waals surface area contributed by atoms with Crippen LogP contribution in [0.5, 0.6) is 11.5 Å². The standard InChI is InChI=1S/C27H26ClN3O4S/c1-18(2)17-35-23-11-8-20(13-24(23)33-3)15-29-30-27-31(16-22-5-4-12-34-22)26(32)25(36-27)14-19-6-9-21(28)10-7-19/h4-15,18H,16-17H2,1-3H3/b25-14-,29-15+,30-27-. The van der Waals surface area contributed by atoms with Crippen molar-refractivity contribution in [1.82, 2.24) is 4.90 Å². The van der Waals surface area contributed by atoms with Crippen LogP contribution >= 0.6 is 23.4 Å². The molecule has 0 bridgehead atoms. The summed E-state index contributed by atoms with van der Waals surface area (Å²) in [5.74, 6) is 2.17. The zero-order valence-electron chi connectivity index (χ0n) is 20.2. The van der Waals surface area contributed by atoms with Gasteiger partial charge in [0.2, 0.25) is 0 Å². The molecule has 1 amide bonds. The third kappa shape index (κ3) is 6.59. The first-order valence-corrected chi connectivity index (χ1v) is 12.5. The predicted octanol–water partition coefficient (Wildman–Crippen LogP) is 6.48. The Morgan fingerprint density at radius 1 is 1.11 bits per heavy atom. The first-order valence-electron chi connectivity index (χ1n) is 11.3. The van der Waals surface area contributed by atoms with Crippen LogP contribution in [0.25, 0.3) is 6.08 Å². The van der Waals surface area contributed by atoms with Gasteiger partial charge in [0.05, 0.1) is 37.6 Å². The average molecular weight is 524 g/mol. The normalized spacial score (nSPS) is 16.1. The second kappa shape index (κ2) is 12.0. The quantitative estimate of drug-likeness (QED) is 0.182. The van der Waals surface area contributed by atoms with Crippen molar-refractivity contribution in [2.75, 3.05) is 13.7 Å². The summed E-state index contributed by atoms with van der Waals surface area (Å²) in [6.07, 6.45) is 4.99. The minimum Gasteiger partial charge on any atom is -0.493 e. The number of hydrogen-bond donors (Lipinski definition) is 0. The smallest absolute Gasteiger partial charge is 0.267 e. The van der Waals surface area contributed by atoms with E-state index in [4.69, 9.17) is 25.5 Å². The van der Waals surface area contributed by atoms with E-state index >= 15 is 0 Å². The van der Waals surface area contributed by atoms with Crippen molar-refractivity contribution in [2.24, 2.45) is 16.1 Å². The van der Waals surface area contributed by atoms with Crippen molar-refractivity contribution in [3.05, 3.63) is 87.7 Å². The maximum Gasteiger partial charge on any atom is 0.267 e. The SMILES string of the molecule is COc1cc(/C=N/N=C2\S/C(=C\c3ccc(Cl)cc3)C(=O)N2Cc2ccco2)ccc1OCC(C)C. The van der Waals surface area contributed by atoms with Gasteiger partial charge in [-0.2, -0.15) is 5.10 Å². The summed E-state index contributed by atoms with van der Waals surface area (Å²) in [5, 5.41) is 9.69. The van der Waals surface area contributed by atoms with Gasteiger partial charge in [-0.3, -0.25) is 9.69 Å². The van der Waals surface area contributed by atoms with E-state index in [1.54, 1.807) is 42.7 Å². The number of carbonyl (C=O) groups excluding carboxylic acids is 1. The Balaban J connectivity index is 1.56. The highest BCUT2D eigenvalue weighted by atomic mass is 35.5. The summed E-state index contributed by atoms with van der Waals surface area (Å²) in [6, 6.07) is 16.4. The first kappa shape index (κ1) is 25.6. The van der Waals surface area contributed by atoms with Crippen LogP contribution in [0.3, 0.4) is 0 Å². The molecular weight excluding hydrogens is 498 g/mol. The molecule has 4 rings (SSSR count). The minimum absolute atomic E-state index is 0.173. The van der Waals surface area contributed by atoms with Gasteiger partial charge in [0.1, 0.15) is 5.76 Å². The predicted molar refractivity (Wildman–Crippen MR) is 145 cm³/mol. The molecule has 0 saturated carbocycles. The summed E-state index contributed by atoms with van der Waals surface area (Å²) < 4.78 is 16.7. The van der Waals surface area contributed by atoms with E-state index in [2.05, 4.69) is 24.1 Å². The van der Waals surface area contributed by atoms with E-state index in [0.29, 0.717) is 44.9 Å². The molecule has 0 unspecified atom stereocenters. The number of rotatable bonds is 9. The zero-order valence-corrected chi connectivity index (χ0v) is 21.8. The molecule has 1 saturated heterocycles. The maximum atomic E-state index is 13.2. The molecule has 9 heteroatoms. The van der Waals surface area contributed by atoms with Gasteiger partial charge in [-0.1, -0.05) is 37.6 Å². The number of amidine groups is 1. The van der Waals surface area contributed by atoms with E-state index in [1.807, 2.05) is 42.5 Å². The van der Waals surface area contributed by atoms with E-state index in [0.717, 1.165) is 11.1 Å². The Labute approximate surface area is 219 Å². The van der Waals surface area contributed by atoms with Crippen LogP contribution in [0.2, 0.25) is 5.02 Å². The molecule has 0 spiro atoms. The number of benzene rings is 2. The molecule has 2 aromatic carbocycles. The van der Waals surface area contributed by atoms with Crippen molar-refractivity contribution >= 4 is 46.7 Å². The molecule has 7 nitrogen and oxygen atoms in total. The van der Waals surface area contributed by atoms with E-state index in [-0.39, 0.29) is 12.5 Å². The summed E-state index contributed by atoms with van der Waals surface area (Å²) in [6.45, 7) is 5.02. The number of methoxy groups -OCH3 is 1. The van der Waals surface area contributed by atoms with Crippen LogP contribution in [0, 0.1) is 5.92 Å². The van der Waals surface area contributed by atoms with Crippen molar-refractivity contribution in [1.29, 1.82) is 0 Å². The highest BCUT2D eigenvalue weighted by Crippen LogP contribution is 2.34. The van der Waals surface area contributed by atoms with E-state index < -0.39 is 0 Å². The number of carbonyl (C=O) groups is 1. The fourth-order valence-electron chi connectivity index (χ4n) is 3.28. The molecule has 3 aromatic rings. The molecule has 0 aliphatic carbocycles. The van der Waals surface area contributed by atoms with Crippen LogP contribution in [0.15, 0.2) is 80.4 Å². The topological polar surface area (TPSA) is 76.6 Å². The van der Waals surface area contributed by atoms with Crippen LogP contribution in [-0.4, -0.2) is 35.9 Å². The van der Waals surface area contributed by atoms with Gasteiger partial charge in [-0.15, -0.1) is 5.10 Å². The highest BCUT2D eigenvalue weighted by molar-refractivity contribution is 8.18. The van der Waals surface area contributed by atoms with Crippen LogP contribution in [-0.2, 0) is 11.3 Å².